The summed E-state index contributed by atoms with van der Waals surface area (Å²) < 4.78 is 0. The van der Waals surface area contributed by atoms with Gasteiger partial charge in [0, 0.05) is 24.9 Å². The van der Waals surface area contributed by atoms with Crippen LogP contribution in [0.3, 0.4) is 0 Å². The van der Waals surface area contributed by atoms with E-state index < -0.39 is 35.9 Å². The molecule has 1 saturated carbocycles. The van der Waals surface area contributed by atoms with Crippen LogP contribution in [-0.2, 0) is 19.2 Å². The third-order valence-electron chi connectivity index (χ3n) is 7.27. The van der Waals surface area contributed by atoms with Crippen molar-refractivity contribution in [3.05, 3.63) is 35.9 Å². The first kappa shape index (κ1) is 29.6. The predicted molar refractivity (Wildman–Crippen MR) is 145 cm³/mol. The Morgan fingerprint density at radius 1 is 1.05 bits per heavy atom. The second kappa shape index (κ2) is 13.2. The van der Waals surface area contributed by atoms with Crippen molar-refractivity contribution in [1.29, 1.82) is 0 Å². The van der Waals surface area contributed by atoms with E-state index >= 15 is 0 Å². The molecule has 1 aliphatic heterocycles. The first-order valence-electron chi connectivity index (χ1n) is 13.9. The molecule has 2 fully saturated rings. The summed E-state index contributed by atoms with van der Waals surface area (Å²) in [5.74, 6) is -1.79. The molecule has 1 aliphatic carbocycles. The van der Waals surface area contributed by atoms with Crippen molar-refractivity contribution in [2.45, 2.75) is 103 Å². The van der Waals surface area contributed by atoms with Gasteiger partial charge in [-0.15, -0.1) is 0 Å². The van der Waals surface area contributed by atoms with Gasteiger partial charge in [0.25, 0.3) is 5.91 Å². The molecule has 4 amide bonds. The van der Waals surface area contributed by atoms with Crippen LogP contribution in [0.5, 0.6) is 0 Å². The lowest BCUT2D eigenvalue weighted by molar-refractivity contribution is -0.135. The molecule has 1 heterocycles. The Kier molecular flexibility index (Phi) is 10.3. The summed E-state index contributed by atoms with van der Waals surface area (Å²) in [5.41, 5.74) is 0.795. The molecule has 5 N–H and O–H groups in total. The van der Waals surface area contributed by atoms with Crippen LogP contribution in [-0.4, -0.2) is 59.5 Å². The van der Waals surface area contributed by atoms with Gasteiger partial charge in [-0.25, -0.2) is 0 Å². The van der Waals surface area contributed by atoms with Crippen LogP contribution in [0.25, 0.3) is 0 Å². The van der Waals surface area contributed by atoms with E-state index in [4.69, 9.17) is 0 Å². The quantitative estimate of drug-likeness (QED) is 0.267. The number of nitrogens with one attached hydrogen (secondary N) is 4. The summed E-state index contributed by atoms with van der Waals surface area (Å²) in [6, 6.07) is 8.06. The maximum absolute atomic E-state index is 13.5. The summed E-state index contributed by atoms with van der Waals surface area (Å²) in [5, 5.41) is 22.2. The van der Waals surface area contributed by atoms with Gasteiger partial charge in [0.1, 0.15) is 6.04 Å². The minimum Gasteiger partial charge on any atom is -0.381 e. The number of aliphatic hydroxyl groups is 1. The topological polar surface area (TPSA) is 137 Å². The van der Waals surface area contributed by atoms with Gasteiger partial charge in [-0.1, -0.05) is 58.0 Å². The predicted octanol–water partition coefficient (Wildman–Crippen LogP) is 2.14. The number of hydrogen-bond acceptors (Lipinski definition) is 5. The zero-order valence-corrected chi connectivity index (χ0v) is 23.1. The van der Waals surface area contributed by atoms with Gasteiger partial charge in [0.05, 0.1) is 6.04 Å². The van der Waals surface area contributed by atoms with Crippen molar-refractivity contribution in [2.75, 3.05) is 6.54 Å². The number of hydrogen-bond donors (Lipinski definition) is 5. The number of aliphatic hydroxyl groups excluding tert-OH is 1. The van der Waals surface area contributed by atoms with Crippen LogP contribution >= 0.6 is 0 Å². The third-order valence-corrected chi connectivity index (χ3v) is 7.27. The Hall–Kier alpha value is -2.94. The molecular weight excluding hydrogens is 484 g/mol. The molecule has 3 rings (SSSR count). The SMILES string of the molecule is CCC(CC(=O)N[C@@H](CC(C)(C)C)C(=O)NC(C[C@@H]1CCNC1=O)C(O)C(=O)NC1CC1)c1ccccc1. The van der Waals surface area contributed by atoms with Crippen molar-refractivity contribution < 1.29 is 24.3 Å². The monoisotopic (exact) mass is 528 g/mol. The largest absolute Gasteiger partial charge is 0.381 e. The van der Waals surface area contributed by atoms with Gasteiger partial charge < -0.3 is 26.4 Å². The fourth-order valence-corrected chi connectivity index (χ4v) is 4.95. The van der Waals surface area contributed by atoms with E-state index in [0.717, 1.165) is 24.8 Å². The van der Waals surface area contributed by atoms with Gasteiger partial charge in [-0.2, -0.15) is 0 Å². The molecule has 0 spiro atoms. The minimum atomic E-state index is -1.50. The molecule has 1 saturated heterocycles. The highest BCUT2D eigenvalue weighted by Crippen LogP contribution is 2.25. The fourth-order valence-electron chi connectivity index (χ4n) is 4.95. The van der Waals surface area contributed by atoms with Crippen molar-refractivity contribution in [3.63, 3.8) is 0 Å². The Morgan fingerprint density at radius 2 is 1.74 bits per heavy atom. The van der Waals surface area contributed by atoms with Gasteiger partial charge in [0.2, 0.25) is 17.7 Å². The van der Waals surface area contributed by atoms with Crippen LogP contribution in [0, 0.1) is 11.3 Å². The Morgan fingerprint density at radius 3 is 2.29 bits per heavy atom. The molecule has 9 heteroatoms. The zero-order chi connectivity index (χ0) is 27.9. The molecule has 9 nitrogen and oxygen atoms in total. The second-order valence-electron chi connectivity index (χ2n) is 12.0. The van der Waals surface area contributed by atoms with Gasteiger partial charge in [-0.05, 0) is 55.4 Å². The Balaban J connectivity index is 1.72. The van der Waals surface area contributed by atoms with E-state index in [1.165, 1.54) is 0 Å². The van der Waals surface area contributed by atoms with Crippen molar-refractivity contribution in [1.82, 2.24) is 21.3 Å². The lowest BCUT2D eigenvalue weighted by Gasteiger charge is -2.30. The molecular formula is C29H44N4O5. The number of amides is 4. The van der Waals surface area contributed by atoms with E-state index in [1.807, 2.05) is 58.0 Å². The van der Waals surface area contributed by atoms with Crippen molar-refractivity contribution in [2.24, 2.45) is 11.3 Å². The molecule has 210 valence electrons. The standard InChI is InChI=1S/C29H44N4O5/c1-5-18(19-9-7-6-8-10-19)16-24(34)32-23(17-29(2,3)4)27(37)33-22(15-20-13-14-30-26(20)36)25(35)28(38)31-21-11-12-21/h6-10,18,20-23,25,35H,5,11-17H2,1-4H3,(H,30,36)(H,31,38)(H,32,34)(H,33,37)/t18?,20-,22?,23-,25?/m0/s1. The number of rotatable bonds is 13. The van der Waals surface area contributed by atoms with Crippen LogP contribution in [0.1, 0.15) is 84.1 Å². The number of carbonyl (C=O) groups is 4. The summed E-state index contributed by atoms with van der Waals surface area (Å²) in [7, 11) is 0. The van der Waals surface area contributed by atoms with E-state index in [0.29, 0.717) is 19.4 Å². The molecule has 2 aliphatic rings. The van der Waals surface area contributed by atoms with Crippen LogP contribution in [0.2, 0.25) is 0 Å². The summed E-state index contributed by atoms with van der Waals surface area (Å²) in [6.07, 6.45) is 2.33. The smallest absolute Gasteiger partial charge is 0.251 e. The van der Waals surface area contributed by atoms with E-state index in [2.05, 4.69) is 21.3 Å². The lowest BCUT2D eigenvalue weighted by Crippen LogP contribution is -2.57. The summed E-state index contributed by atoms with van der Waals surface area (Å²) >= 11 is 0. The molecule has 0 radical (unpaired) electrons. The van der Waals surface area contributed by atoms with Crippen LogP contribution in [0.4, 0.5) is 0 Å². The average Bonchev–Trinajstić information content (AvgIpc) is 3.59. The highest BCUT2D eigenvalue weighted by atomic mass is 16.3. The Labute approximate surface area is 225 Å². The van der Waals surface area contributed by atoms with Gasteiger partial charge >= 0.3 is 0 Å². The Bertz CT molecular complexity index is 973. The molecule has 38 heavy (non-hydrogen) atoms. The maximum Gasteiger partial charge on any atom is 0.251 e. The van der Waals surface area contributed by atoms with Crippen molar-refractivity contribution >= 4 is 23.6 Å². The van der Waals surface area contributed by atoms with Gasteiger partial charge in [0.15, 0.2) is 6.10 Å². The first-order chi connectivity index (χ1) is 18.0. The van der Waals surface area contributed by atoms with Crippen LogP contribution in [0.15, 0.2) is 30.3 Å². The van der Waals surface area contributed by atoms with Gasteiger partial charge in [-0.3, -0.25) is 19.2 Å². The molecule has 1 aromatic carbocycles. The minimum absolute atomic E-state index is 0.0242. The molecule has 3 unspecified atom stereocenters. The maximum atomic E-state index is 13.5. The highest BCUT2D eigenvalue weighted by molar-refractivity contribution is 5.89. The molecule has 5 atom stereocenters. The number of benzene rings is 1. The molecule has 1 aromatic rings. The average molecular weight is 529 g/mol. The first-order valence-corrected chi connectivity index (χ1v) is 13.9. The highest BCUT2D eigenvalue weighted by Gasteiger charge is 2.38. The summed E-state index contributed by atoms with van der Waals surface area (Å²) in [4.78, 5) is 51.5. The molecule has 0 aromatic heterocycles. The zero-order valence-electron chi connectivity index (χ0n) is 23.1. The van der Waals surface area contributed by atoms with Crippen molar-refractivity contribution in [3.8, 4) is 0 Å². The lowest BCUT2D eigenvalue weighted by atomic mass is 9.87. The van der Waals surface area contributed by atoms with Crippen LogP contribution < -0.4 is 21.3 Å². The third kappa shape index (κ3) is 9.11. The molecule has 0 bridgehead atoms. The van der Waals surface area contributed by atoms with E-state index in [1.54, 1.807) is 0 Å². The normalized spacial score (nSPS) is 20.6. The number of carbonyl (C=O) groups excluding carboxylic acids is 4. The van der Waals surface area contributed by atoms with E-state index in [-0.39, 0.29) is 42.0 Å². The second-order valence-corrected chi connectivity index (χ2v) is 12.0. The van der Waals surface area contributed by atoms with E-state index in [9.17, 15) is 24.3 Å². The fraction of sp³-hybridized carbons (Fsp3) is 0.655. The summed E-state index contributed by atoms with van der Waals surface area (Å²) in [6.45, 7) is 8.50.